The van der Waals surface area contributed by atoms with E-state index in [0.29, 0.717) is 17.3 Å². The van der Waals surface area contributed by atoms with E-state index in [1.54, 1.807) is 12.1 Å². The molecule has 2 heterocycles. The third-order valence-electron chi connectivity index (χ3n) is 5.93. The number of methoxy groups -OCH3 is 1. The van der Waals surface area contributed by atoms with Crippen molar-refractivity contribution >= 4 is 23.4 Å². The molecular formula is C21H30N4O4. The van der Waals surface area contributed by atoms with Gasteiger partial charge in [-0.3, -0.25) is 10.1 Å². The maximum absolute atomic E-state index is 11.5. The van der Waals surface area contributed by atoms with Crippen molar-refractivity contribution in [2.45, 2.75) is 37.8 Å². The average Bonchev–Trinajstić information content (AvgIpc) is 2.73. The van der Waals surface area contributed by atoms with Crippen molar-refractivity contribution in [1.82, 2.24) is 9.80 Å². The first-order chi connectivity index (χ1) is 14.0. The lowest BCUT2D eigenvalue weighted by Crippen LogP contribution is -2.48. The number of ether oxygens (including phenoxy) is 1. The van der Waals surface area contributed by atoms with Crippen LogP contribution in [0.4, 0.5) is 11.4 Å². The number of hydrogen-bond donors (Lipinski definition) is 1. The van der Waals surface area contributed by atoms with Crippen LogP contribution in [0.1, 0.15) is 31.2 Å². The Bertz CT molecular complexity index is 751. The first-order valence-corrected chi connectivity index (χ1v) is 10.2. The van der Waals surface area contributed by atoms with Gasteiger partial charge in [0.15, 0.2) is 0 Å². The van der Waals surface area contributed by atoms with Gasteiger partial charge in [0.2, 0.25) is 0 Å². The molecule has 1 N–H and O–H groups in total. The van der Waals surface area contributed by atoms with E-state index in [1.165, 1.54) is 38.2 Å². The summed E-state index contributed by atoms with van der Waals surface area (Å²) in [6.45, 7) is 4.37. The summed E-state index contributed by atoms with van der Waals surface area (Å²) in [4.78, 5) is 27.3. The average molecular weight is 402 g/mol. The summed E-state index contributed by atoms with van der Waals surface area (Å²) in [5.74, 6) is -0.494. The normalized spacial score (nSPS) is 20.1. The molecule has 0 aliphatic carbocycles. The van der Waals surface area contributed by atoms with E-state index in [2.05, 4.69) is 26.9 Å². The number of esters is 1. The molecule has 0 aromatic heterocycles. The number of likely N-dealkylation sites (tertiary alicyclic amines) is 2. The van der Waals surface area contributed by atoms with Crippen LogP contribution in [0.3, 0.4) is 0 Å². The van der Waals surface area contributed by atoms with E-state index in [4.69, 9.17) is 0 Å². The van der Waals surface area contributed by atoms with Crippen LogP contribution in [-0.4, -0.2) is 73.1 Å². The minimum atomic E-state index is -0.494. The first-order valence-electron chi connectivity index (χ1n) is 10.2. The molecule has 8 nitrogen and oxygen atoms in total. The molecule has 1 aromatic carbocycles. The van der Waals surface area contributed by atoms with Gasteiger partial charge in [-0.25, -0.2) is 4.79 Å². The molecule has 0 unspecified atom stereocenters. The number of hydrogen-bond acceptors (Lipinski definition) is 7. The highest BCUT2D eigenvalue weighted by Crippen LogP contribution is 2.29. The Balaban J connectivity index is 1.59. The summed E-state index contributed by atoms with van der Waals surface area (Å²) < 4.78 is 4.55. The fraction of sp³-hybridized carbons (Fsp3) is 0.571. The molecule has 0 amide bonds. The highest BCUT2D eigenvalue weighted by molar-refractivity contribution is 5.87. The highest BCUT2D eigenvalue weighted by atomic mass is 16.6. The molecule has 0 bridgehead atoms. The summed E-state index contributed by atoms with van der Waals surface area (Å²) in [5.41, 5.74) is 1.14. The van der Waals surface area contributed by atoms with Crippen LogP contribution in [-0.2, 0) is 9.53 Å². The molecule has 2 fully saturated rings. The van der Waals surface area contributed by atoms with Gasteiger partial charge in [0, 0.05) is 37.3 Å². The lowest BCUT2D eigenvalue weighted by molar-refractivity contribution is -0.384. The summed E-state index contributed by atoms with van der Waals surface area (Å²) in [5, 5.41) is 14.9. The van der Waals surface area contributed by atoms with Gasteiger partial charge < -0.3 is 19.9 Å². The predicted molar refractivity (Wildman–Crippen MR) is 113 cm³/mol. The second kappa shape index (κ2) is 9.84. The van der Waals surface area contributed by atoms with Gasteiger partial charge >= 0.3 is 5.97 Å². The summed E-state index contributed by atoms with van der Waals surface area (Å²) in [7, 11) is 3.47. The van der Waals surface area contributed by atoms with Crippen LogP contribution in [0.25, 0.3) is 6.08 Å². The van der Waals surface area contributed by atoms with Gasteiger partial charge in [0.25, 0.3) is 5.69 Å². The summed E-state index contributed by atoms with van der Waals surface area (Å²) >= 11 is 0. The second-order valence-electron chi connectivity index (χ2n) is 7.88. The maximum Gasteiger partial charge on any atom is 0.330 e. The number of piperidine rings is 2. The Kier molecular flexibility index (Phi) is 7.22. The van der Waals surface area contributed by atoms with Gasteiger partial charge in [-0.2, -0.15) is 0 Å². The number of nitro groups is 1. The smallest absolute Gasteiger partial charge is 0.330 e. The topological polar surface area (TPSA) is 88.0 Å². The van der Waals surface area contributed by atoms with Crippen LogP contribution in [0, 0.1) is 10.1 Å². The first kappa shape index (κ1) is 21.3. The molecule has 8 heteroatoms. The van der Waals surface area contributed by atoms with Crippen molar-refractivity contribution < 1.29 is 14.5 Å². The lowest BCUT2D eigenvalue weighted by Gasteiger charge is -2.41. The lowest BCUT2D eigenvalue weighted by atomic mass is 9.97. The number of rotatable bonds is 6. The SMILES string of the molecule is COC(=O)/C=C/c1ccc(NC2CCN(C3CCN(C)CC3)CC2)c([N+](=O)[O-])c1. The molecule has 29 heavy (non-hydrogen) atoms. The number of benzene rings is 1. The molecule has 2 aliphatic rings. The van der Waals surface area contributed by atoms with Crippen molar-refractivity contribution in [3.05, 3.63) is 40.0 Å². The predicted octanol–water partition coefficient (Wildman–Crippen LogP) is 2.75. The van der Waals surface area contributed by atoms with Crippen molar-refractivity contribution in [2.24, 2.45) is 0 Å². The molecule has 2 saturated heterocycles. The number of carbonyl (C=O) groups excluding carboxylic acids is 1. The van der Waals surface area contributed by atoms with Gasteiger partial charge in [-0.05, 0) is 63.5 Å². The molecular weight excluding hydrogens is 372 g/mol. The molecule has 2 aliphatic heterocycles. The molecule has 3 rings (SSSR count). The number of carbonyl (C=O) groups is 1. The van der Waals surface area contributed by atoms with Gasteiger partial charge in [-0.15, -0.1) is 0 Å². The Morgan fingerprint density at radius 3 is 2.52 bits per heavy atom. The second-order valence-corrected chi connectivity index (χ2v) is 7.88. The Labute approximate surface area is 171 Å². The fourth-order valence-corrected chi connectivity index (χ4v) is 4.15. The van der Waals surface area contributed by atoms with E-state index < -0.39 is 5.97 Å². The third kappa shape index (κ3) is 5.77. The van der Waals surface area contributed by atoms with E-state index in [9.17, 15) is 14.9 Å². The van der Waals surface area contributed by atoms with Crippen LogP contribution in [0.15, 0.2) is 24.3 Å². The van der Waals surface area contributed by atoms with Crippen molar-refractivity contribution in [3.8, 4) is 0 Å². The summed E-state index contributed by atoms with van der Waals surface area (Å²) in [6.07, 6.45) is 7.18. The van der Waals surface area contributed by atoms with E-state index in [1.807, 2.05) is 0 Å². The Hall–Kier alpha value is -2.45. The van der Waals surface area contributed by atoms with E-state index in [0.717, 1.165) is 39.0 Å². The van der Waals surface area contributed by atoms with Gasteiger partial charge in [0.1, 0.15) is 5.69 Å². The van der Waals surface area contributed by atoms with Gasteiger partial charge in [0.05, 0.1) is 12.0 Å². The largest absolute Gasteiger partial charge is 0.466 e. The zero-order valence-electron chi connectivity index (χ0n) is 17.2. The minimum Gasteiger partial charge on any atom is -0.466 e. The Morgan fingerprint density at radius 1 is 1.21 bits per heavy atom. The monoisotopic (exact) mass is 402 g/mol. The van der Waals surface area contributed by atoms with Crippen molar-refractivity contribution in [1.29, 1.82) is 0 Å². The zero-order valence-corrected chi connectivity index (χ0v) is 17.2. The van der Waals surface area contributed by atoms with Crippen LogP contribution in [0.5, 0.6) is 0 Å². The zero-order chi connectivity index (χ0) is 20.8. The minimum absolute atomic E-state index is 0.0229. The quantitative estimate of drug-likeness (QED) is 0.339. The summed E-state index contributed by atoms with van der Waals surface area (Å²) in [6, 6.07) is 5.87. The molecule has 158 valence electrons. The van der Waals surface area contributed by atoms with Crippen LogP contribution < -0.4 is 5.32 Å². The standard InChI is InChI=1S/C21H30N4O4/c1-23-11-9-18(10-12-23)24-13-7-17(8-14-24)22-19-5-3-16(4-6-21(26)29-2)15-20(19)25(27)28/h3-6,15,17-18,22H,7-14H2,1-2H3/b6-4+. The fourth-order valence-electron chi connectivity index (χ4n) is 4.15. The molecule has 0 atom stereocenters. The number of nitrogens with zero attached hydrogens (tertiary/aromatic N) is 3. The molecule has 0 spiro atoms. The highest BCUT2D eigenvalue weighted by Gasteiger charge is 2.28. The molecule has 0 radical (unpaired) electrons. The molecule has 0 saturated carbocycles. The van der Waals surface area contributed by atoms with E-state index >= 15 is 0 Å². The molecule has 1 aromatic rings. The number of nitro benzene ring substituents is 1. The number of nitrogens with one attached hydrogen (secondary N) is 1. The van der Waals surface area contributed by atoms with E-state index in [-0.39, 0.29) is 16.7 Å². The third-order valence-corrected chi connectivity index (χ3v) is 5.93. The van der Waals surface area contributed by atoms with Crippen LogP contribution in [0.2, 0.25) is 0 Å². The Morgan fingerprint density at radius 2 is 1.90 bits per heavy atom. The maximum atomic E-state index is 11.5. The van der Waals surface area contributed by atoms with Gasteiger partial charge in [-0.1, -0.05) is 6.07 Å². The van der Waals surface area contributed by atoms with Crippen LogP contribution >= 0.6 is 0 Å². The number of anilines is 1. The van der Waals surface area contributed by atoms with Crippen molar-refractivity contribution in [2.75, 3.05) is 45.7 Å². The van der Waals surface area contributed by atoms with Crippen molar-refractivity contribution in [3.63, 3.8) is 0 Å².